The van der Waals surface area contributed by atoms with Crippen LogP contribution in [0.4, 0.5) is 0 Å². The SMILES string of the molecule is c1ccc2c(c1)C1=NC3c4ccccc4C4=NC5c6ccccc6C6N=c7c8ccccc8c8n7C(N43)(N56)[N+]1=C2N=8. The Balaban J connectivity index is 1.37. The van der Waals surface area contributed by atoms with E-state index in [0.717, 1.165) is 55.9 Å². The van der Waals surface area contributed by atoms with E-state index in [1.807, 2.05) is 0 Å². The quantitative estimate of drug-likeness (QED) is 0.290. The lowest BCUT2D eigenvalue weighted by atomic mass is 10.1. The first-order chi connectivity index (χ1) is 20.4. The highest BCUT2D eigenvalue weighted by Gasteiger charge is 2.73. The molecule has 0 amide bonds. The molecule has 41 heavy (non-hydrogen) atoms. The molecule has 7 aliphatic rings. The number of fused-ring (bicyclic) bond motifs is 12. The third kappa shape index (κ3) is 1.83. The number of hydrogen-bond acceptors (Lipinski definition) is 6. The smallest absolute Gasteiger partial charge is 0.247 e. The van der Waals surface area contributed by atoms with Crippen molar-refractivity contribution in [2.75, 3.05) is 0 Å². The Bertz CT molecular complexity index is 2380. The number of amidine groups is 3. The Kier molecular flexibility index (Phi) is 2.94. The molecule has 0 saturated carbocycles. The van der Waals surface area contributed by atoms with Crippen molar-refractivity contribution in [2.24, 2.45) is 20.0 Å². The van der Waals surface area contributed by atoms with Crippen LogP contribution in [0.1, 0.15) is 51.9 Å². The molecular weight excluding hydrogens is 508 g/mol. The van der Waals surface area contributed by atoms with Crippen molar-refractivity contribution in [1.82, 2.24) is 14.4 Å². The first-order valence-electron chi connectivity index (χ1n) is 14.1. The van der Waals surface area contributed by atoms with Crippen LogP contribution in [0.3, 0.4) is 0 Å². The van der Waals surface area contributed by atoms with Gasteiger partial charge in [0.05, 0.1) is 11.1 Å². The molecule has 0 fully saturated rings. The summed E-state index contributed by atoms with van der Waals surface area (Å²) in [6.45, 7) is 0. The second-order valence-electron chi connectivity index (χ2n) is 11.6. The van der Waals surface area contributed by atoms with E-state index in [2.05, 4.69) is 116 Å². The van der Waals surface area contributed by atoms with Crippen LogP contribution in [0.25, 0.3) is 10.8 Å². The molecule has 4 unspecified atom stereocenters. The second-order valence-corrected chi connectivity index (χ2v) is 11.6. The minimum absolute atomic E-state index is 0.202. The van der Waals surface area contributed by atoms with E-state index < -0.39 is 5.91 Å². The molecule has 0 aliphatic carbocycles. The summed E-state index contributed by atoms with van der Waals surface area (Å²) in [6, 6.07) is 34.5. The molecule has 1 aromatic heterocycles. The lowest BCUT2D eigenvalue weighted by Crippen LogP contribution is -2.78. The van der Waals surface area contributed by atoms with Gasteiger partial charge < -0.3 is 0 Å². The lowest BCUT2D eigenvalue weighted by Gasteiger charge is -2.56. The molecule has 5 aromatic rings. The average molecular weight is 528 g/mol. The van der Waals surface area contributed by atoms with Gasteiger partial charge in [0.25, 0.3) is 11.7 Å². The van der Waals surface area contributed by atoms with Crippen LogP contribution in [0.2, 0.25) is 0 Å². The molecule has 8 heterocycles. The third-order valence-corrected chi connectivity index (χ3v) is 9.91. The fraction of sp³-hybridized carbons (Fsp3) is 0.121. The number of nitrogens with zero attached hydrogens (tertiary/aromatic N) is 8. The second kappa shape index (κ2) is 6.09. The highest BCUT2D eigenvalue weighted by Crippen LogP contribution is 2.60. The van der Waals surface area contributed by atoms with Gasteiger partial charge in [0.1, 0.15) is 23.7 Å². The Morgan fingerprint density at radius 1 is 0.585 bits per heavy atom. The molecule has 190 valence electrons. The third-order valence-electron chi connectivity index (χ3n) is 9.91. The number of aliphatic imine (C=N–C) groups is 2. The van der Waals surface area contributed by atoms with E-state index in [4.69, 9.17) is 20.0 Å². The fourth-order valence-electron chi connectivity index (χ4n) is 8.47. The standard InChI is InChI=1S/C33H19N8/c1-2-10-18-17(9-1)25-34-27-19-11-3-4-12-20(19)29-36-31-23-15-7-8-16-24(23)32-37-30-22-14-6-5-13-21(22)28-35-26(18)38(25)33(39(27)29,40(28)30)41(31)32/h1-16,25-26,29H/q+1. The number of aromatic nitrogens is 1. The van der Waals surface area contributed by atoms with Crippen molar-refractivity contribution < 1.29 is 4.58 Å². The molecule has 7 aliphatic heterocycles. The maximum atomic E-state index is 5.54. The molecule has 1 spiro atoms. The zero-order chi connectivity index (χ0) is 26.2. The zero-order valence-electron chi connectivity index (χ0n) is 21.5. The summed E-state index contributed by atoms with van der Waals surface area (Å²) in [5.74, 6) is 2.07. The van der Waals surface area contributed by atoms with Crippen molar-refractivity contribution in [3.8, 4) is 0 Å². The predicted molar refractivity (Wildman–Crippen MR) is 151 cm³/mol. The molecule has 4 atom stereocenters. The predicted octanol–water partition coefficient (Wildman–Crippen LogP) is 3.50. The summed E-state index contributed by atoms with van der Waals surface area (Å²) >= 11 is 0. The highest BCUT2D eigenvalue weighted by atomic mass is 15.8. The zero-order valence-corrected chi connectivity index (χ0v) is 21.5. The maximum absolute atomic E-state index is 5.54. The van der Waals surface area contributed by atoms with E-state index in [0.29, 0.717) is 0 Å². The Labute approximate surface area is 232 Å². The van der Waals surface area contributed by atoms with Crippen LogP contribution < -0.4 is 11.0 Å². The van der Waals surface area contributed by atoms with Gasteiger partial charge in [-0.1, -0.05) is 83.9 Å². The molecule has 8 heteroatoms. The number of hydrogen-bond donors (Lipinski definition) is 0. The van der Waals surface area contributed by atoms with Crippen LogP contribution in [-0.2, 0) is 5.91 Å². The van der Waals surface area contributed by atoms with Crippen molar-refractivity contribution in [1.29, 1.82) is 0 Å². The van der Waals surface area contributed by atoms with Gasteiger partial charge in [-0.05, 0) is 29.3 Å². The Morgan fingerprint density at radius 2 is 1.22 bits per heavy atom. The van der Waals surface area contributed by atoms with Gasteiger partial charge in [-0.25, -0.2) is 19.5 Å². The molecule has 0 bridgehead atoms. The molecule has 0 saturated heterocycles. The molecule has 0 N–H and O–H groups in total. The number of rotatable bonds is 0. The molecule has 4 aromatic carbocycles. The summed E-state index contributed by atoms with van der Waals surface area (Å²) in [4.78, 5) is 27.0. The molecule has 12 rings (SSSR count). The fourth-order valence-corrected chi connectivity index (χ4v) is 8.47. The summed E-state index contributed by atoms with van der Waals surface area (Å²) in [7, 11) is 0. The van der Waals surface area contributed by atoms with E-state index in [9.17, 15) is 0 Å². The van der Waals surface area contributed by atoms with Crippen molar-refractivity contribution in [3.05, 3.63) is 141 Å². The maximum Gasteiger partial charge on any atom is 0.327 e. The summed E-state index contributed by atoms with van der Waals surface area (Å²) in [5.41, 5.74) is 8.90. The van der Waals surface area contributed by atoms with Crippen molar-refractivity contribution in [3.63, 3.8) is 0 Å². The van der Waals surface area contributed by atoms with Gasteiger partial charge in [-0.3, -0.25) is 0 Å². The summed E-state index contributed by atoms with van der Waals surface area (Å²) in [6.07, 6.45) is -0.629. The molecule has 0 radical (unpaired) electrons. The van der Waals surface area contributed by atoms with Crippen LogP contribution in [0, 0.1) is 0 Å². The Hall–Kier alpha value is -5.21. The van der Waals surface area contributed by atoms with E-state index in [1.165, 1.54) is 16.7 Å². The highest BCUT2D eigenvalue weighted by molar-refractivity contribution is 6.16. The Morgan fingerprint density at radius 3 is 2.02 bits per heavy atom. The van der Waals surface area contributed by atoms with Crippen LogP contribution in [0.5, 0.6) is 0 Å². The minimum atomic E-state index is -0.812. The summed E-state index contributed by atoms with van der Waals surface area (Å²) < 4.78 is 4.79. The minimum Gasteiger partial charge on any atom is -0.247 e. The van der Waals surface area contributed by atoms with Crippen LogP contribution in [0.15, 0.2) is 117 Å². The first-order valence-corrected chi connectivity index (χ1v) is 14.1. The van der Waals surface area contributed by atoms with Crippen LogP contribution in [-0.4, -0.2) is 36.4 Å². The van der Waals surface area contributed by atoms with E-state index in [-0.39, 0.29) is 18.5 Å². The van der Waals surface area contributed by atoms with Crippen molar-refractivity contribution in [2.45, 2.75) is 24.4 Å². The monoisotopic (exact) mass is 527 g/mol. The van der Waals surface area contributed by atoms with Gasteiger partial charge in [0.15, 0.2) is 0 Å². The van der Waals surface area contributed by atoms with Crippen LogP contribution >= 0.6 is 0 Å². The van der Waals surface area contributed by atoms with Gasteiger partial charge in [0.2, 0.25) is 11.7 Å². The lowest BCUT2D eigenvalue weighted by molar-refractivity contribution is -0.635. The number of benzene rings is 4. The van der Waals surface area contributed by atoms with Gasteiger partial charge in [-0.15, -0.1) is 4.99 Å². The average Bonchev–Trinajstić information content (AvgIpc) is 3.74. The first kappa shape index (κ1) is 19.8. The molecule has 8 nitrogen and oxygen atoms in total. The van der Waals surface area contributed by atoms with Gasteiger partial charge in [0, 0.05) is 21.9 Å². The van der Waals surface area contributed by atoms with Gasteiger partial charge in [-0.2, -0.15) is 9.48 Å². The topological polar surface area (TPSA) is 63.9 Å². The van der Waals surface area contributed by atoms with E-state index >= 15 is 0 Å². The summed E-state index contributed by atoms with van der Waals surface area (Å²) in [5, 5.41) is 2.24. The van der Waals surface area contributed by atoms with Crippen molar-refractivity contribution >= 4 is 28.3 Å². The normalized spacial score (nSPS) is 27.8. The largest absolute Gasteiger partial charge is 0.327 e. The molecular formula is C33H19N8+. The van der Waals surface area contributed by atoms with Gasteiger partial charge >= 0.3 is 5.91 Å². The van der Waals surface area contributed by atoms with E-state index in [1.54, 1.807) is 0 Å².